The number of nitrogens with one attached hydrogen (secondary N) is 1. The largest absolute Gasteiger partial charge is 0.316 e. The highest BCUT2D eigenvalue weighted by atomic mass is 19.3. The standard InChI is InChI=1S/C12H19F2N3/c13-12(14)4-3-11(9-12)10-15-5-1-7-17-8-2-6-16-17/h2,6,8,11,15H,1,3-5,7,9-10H2. The van der Waals surface area contributed by atoms with E-state index >= 15 is 0 Å². The second-order valence-corrected chi connectivity index (χ2v) is 4.79. The van der Waals surface area contributed by atoms with Crippen molar-refractivity contribution in [2.45, 2.75) is 38.2 Å². The normalized spacial score (nSPS) is 23.1. The summed E-state index contributed by atoms with van der Waals surface area (Å²) in [7, 11) is 0. The van der Waals surface area contributed by atoms with Gasteiger partial charge in [-0.05, 0) is 37.9 Å². The van der Waals surface area contributed by atoms with Crippen molar-refractivity contribution < 1.29 is 8.78 Å². The van der Waals surface area contributed by atoms with Crippen molar-refractivity contribution >= 4 is 0 Å². The van der Waals surface area contributed by atoms with Crippen LogP contribution in [-0.2, 0) is 6.54 Å². The van der Waals surface area contributed by atoms with Gasteiger partial charge in [0.1, 0.15) is 0 Å². The summed E-state index contributed by atoms with van der Waals surface area (Å²) in [6, 6.07) is 1.90. The van der Waals surface area contributed by atoms with Crippen molar-refractivity contribution in [3.63, 3.8) is 0 Å². The van der Waals surface area contributed by atoms with E-state index in [0.29, 0.717) is 13.0 Å². The van der Waals surface area contributed by atoms with Crippen LogP contribution >= 0.6 is 0 Å². The zero-order valence-electron chi connectivity index (χ0n) is 9.91. The lowest BCUT2D eigenvalue weighted by Gasteiger charge is -2.11. The Morgan fingerprint density at radius 3 is 3.00 bits per heavy atom. The molecule has 1 N–H and O–H groups in total. The molecule has 1 saturated carbocycles. The molecule has 0 amide bonds. The Kier molecular flexibility index (Phi) is 4.10. The third kappa shape index (κ3) is 4.07. The smallest absolute Gasteiger partial charge is 0.248 e. The molecule has 1 aromatic rings. The van der Waals surface area contributed by atoms with Crippen LogP contribution in [0.25, 0.3) is 0 Å². The number of halogens is 2. The molecular weight excluding hydrogens is 224 g/mol. The second kappa shape index (κ2) is 5.58. The molecule has 1 heterocycles. The Labute approximate surface area is 100 Å². The van der Waals surface area contributed by atoms with Crippen molar-refractivity contribution in [1.82, 2.24) is 15.1 Å². The Morgan fingerprint density at radius 2 is 2.35 bits per heavy atom. The molecule has 0 saturated heterocycles. The van der Waals surface area contributed by atoms with Crippen LogP contribution in [0.1, 0.15) is 25.7 Å². The summed E-state index contributed by atoms with van der Waals surface area (Å²) in [5.41, 5.74) is 0. The van der Waals surface area contributed by atoms with E-state index in [2.05, 4.69) is 10.4 Å². The number of hydrogen-bond donors (Lipinski definition) is 1. The molecule has 17 heavy (non-hydrogen) atoms. The summed E-state index contributed by atoms with van der Waals surface area (Å²) in [5, 5.41) is 7.35. The van der Waals surface area contributed by atoms with Gasteiger partial charge in [0.15, 0.2) is 0 Å². The summed E-state index contributed by atoms with van der Waals surface area (Å²) < 4.78 is 27.7. The van der Waals surface area contributed by atoms with Crippen LogP contribution in [0, 0.1) is 5.92 Å². The molecule has 0 bridgehead atoms. The third-order valence-corrected chi connectivity index (χ3v) is 3.24. The van der Waals surface area contributed by atoms with Crippen molar-refractivity contribution in [3.05, 3.63) is 18.5 Å². The first kappa shape index (κ1) is 12.5. The van der Waals surface area contributed by atoms with Gasteiger partial charge in [-0.1, -0.05) is 0 Å². The first-order chi connectivity index (χ1) is 8.16. The number of aryl methyl sites for hydroxylation is 1. The fraction of sp³-hybridized carbons (Fsp3) is 0.750. The zero-order valence-corrected chi connectivity index (χ0v) is 9.91. The zero-order chi connectivity index (χ0) is 12.1. The van der Waals surface area contributed by atoms with E-state index < -0.39 is 5.92 Å². The quantitative estimate of drug-likeness (QED) is 0.777. The van der Waals surface area contributed by atoms with Gasteiger partial charge in [-0.2, -0.15) is 5.10 Å². The van der Waals surface area contributed by atoms with Gasteiger partial charge in [-0.25, -0.2) is 8.78 Å². The molecule has 0 radical (unpaired) electrons. The molecule has 3 nitrogen and oxygen atoms in total. The molecule has 1 fully saturated rings. The van der Waals surface area contributed by atoms with Gasteiger partial charge in [-0.3, -0.25) is 4.68 Å². The molecule has 1 atom stereocenters. The number of aromatic nitrogens is 2. The number of alkyl halides is 2. The van der Waals surface area contributed by atoms with Gasteiger partial charge < -0.3 is 5.32 Å². The molecule has 0 spiro atoms. The van der Waals surface area contributed by atoms with Crippen molar-refractivity contribution in [3.8, 4) is 0 Å². The van der Waals surface area contributed by atoms with E-state index in [9.17, 15) is 8.78 Å². The second-order valence-electron chi connectivity index (χ2n) is 4.79. The maximum atomic E-state index is 12.9. The molecule has 5 heteroatoms. The molecule has 1 aliphatic rings. The lowest BCUT2D eigenvalue weighted by Crippen LogP contribution is -2.24. The summed E-state index contributed by atoms with van der Waals surface area (Å²) in [4.78, 5) is 0. The highest BCUT2D eigenvalue weighted by Crippen LogP contribution is 2.38. The number of rotatable bonds is 6. The molecule has 96 valence electrons. The first-order valence-electron chi connectivity index (χ1n) is 6.22. The van der Waals surface area contributed by atoms with E-state index in [0.717, 1.165) is 19.5 Å². The highest BCUT2D eigenvalue weighted by molar-refractivity contribution is 4.82. The average Bonchev–Trinajstić information content (AvgIpc) is 2.88. The summed E-state index contributed by atoms with van der Waals surface area (Å²) in [6.45, 7) is 2.46. The van der Waals surface area contributed by atoms with Crippen LogP contribution in [0.3, 0.4) is 0 Å². The van der Waals surface area contributed by atoms with Crippen molar-refractivity contribution in [2.75, 3.05) is 13.1 Å². The lowest BCUT2D eigenvalue weighted by atomic mass is 10.1. The fourth-order valence-corrected chi connectivity index (χ4v) is 2.32. The minimum absolute atomic E-state index is 0.0547. The van der Waals surface area contributed by atoms with Gasteiger partial charge in [0.25, 0.3) is 0 Å². The molecule has 1 aromatic heterocycles. The Bertz CT molecular complexity index is 325. The average molecular weight is 243 g/mol. The maximum Gasteiger partial charge on any atom is 0.248 e. The summed E-state index contributed by atoms with van der Waals surface area (Å²) >= 11 is 0. The minimum Gasteiger partial charge on any atom is -0.316 e. The topological polar surface area (TPSA) is 29.9 Å². The van der Waals surface area contributed by atoms with Gasteiger partial charge in [0.2, 0.25) is 5.92 Å². The molecule has 0 aliphatic heterocycles. The third-order valence-electron chi connectivity index (χ3n) is 3.24. The lowest BCUT2D eigenvalue weighted by molar-refractivity contribution is 0.00509. The van der Waals surface area contributed by atoms with Crippen LogP contribution < -0.4 is 5.32 Å². The molecule has 0 aromatic carbocycles. The van der Waals surface area contributed by atoms with Crippen LogP contribution in [0.2, 0.25) is 0 Å². The minimum atomic E-state index is -2.42. The van der Waals surface area contributed by atoms with E-state index in [1.165, 1.54) is 0 Å². The van der Waals surface area contributed by atoms with Gasteiger partial charge in [-0.15, -0.1) is 0 Å². The van der Waals surface area contributed by atoms with Crippen LogP contribution in [0.5, 0.6) is 0 Å². The number of nitrogens with zero attached hydrogens (tertiary/aromatic N) is 2. The molecule has 2 rings (SSSR count). The molecule has 1 unspecified atom stereocenters. The predicted octanol–water partition coefficient (Wildman–Crippen LogP) is 2.30. The SMILES string of the molecule is FC1(F)CCC(CNCCCn2cccn2)C1. The molecule has 1 aliphatic carbocycles. The first-order valence-corrected chi connectivity index (χ1v) is 6.22. The van der Waals surface area contributed by atoms with Crippen molar-refractivity contribution in [2.24, 2.45) is 5.92 Å². The van der Waals surface area contributed by atoms with E-state index in [1.807, 2.05) is 16.9 Å². The monoisotopic (exact) mass is 243 g/mol. The van der Waals surface area contributed by atoms with Crippen LogP contribution in [-0.4, -0.2) is 28.8 Å². The Balaban J connectivity index is 1.52. The van der Waals surface area contributed by atoms with Crippen LogP contribution in [0.4, 0.5) is 8.78 Å². The fourth-order valence-electron chi connectivity index (χ4n) is 2.32. The van der Waals surface area contributed by atoms with E-state index in [1.54, 1.807) is 6.20 Å². The summed E-state index contributed by atoms with van der Waals surface area (Å²) in [6.07, 6.45) is 5.43. The van der Waals surface area contributed by atoms with Gasteiger partial charge in [0.05, 0.1) is 0 Å². The van der Waals surface area contributed by atoms with E-state index in [-0.39, 0.29) is 18.8 Å². The van der Waals surface area contributed by atoms with Crippen LogP contribution in [0.15, 0.2) is 18.5 Å². The van der Waals surface area contributed by atoms with E-state index in [4.69, 9.17) is 0 Å². The number of hydrogen-bond acceptors (Lipinski definition) is 2. The van der Waals surface area contributed by atoms with Crippen molar-refractivity contribution in [1.29, 1.82) is 0 Å². The summed E-state index contributed by atoms with van der Waals surface area (Å²) in [5.74, 6) is -2.27. The molecular formula is C12H19F2N3. The van der Waals surface area contributed by atoms with Gasteiger partial charge >= 0.3 is 0 Å². The Hall–Kier alpha value is -0.970. The highest BCUT2D eigenvalue weighted by Gasteiger charge is 2.38. The van der Waals surface area contributed by atoms with Gasteiger partial charge in [0, 0.05) is 31.8 Å². The Morgan fingerprint density at radius 1 is 1.47 bits per heavy atom. The predicted molar refractivity (Wildman–Crippen MR) is 62.0 cm³/mol. The maximum absolute atomic E-state index is 12.9.